The zero-order valence-corrected chi connectivity index (χ0v) is 11.9. The van der Waals surface area contributed by atoms with Gasteiger partial charge in [-0.3, -0.25) is 4.79 Å². The van der Waals surface area contributed by atoms with E-state index in [1.807, 2.05) is 22.6 Å². The molecule has 0 aliphatic rings. The maximum Gasteiger partial charge on any atom is 0.510 e. The van der Waals surface area contributed by atoms with Gasteiger partial charge < -0.3 is 9.47 Å². The molecule has 0 spiro atoms. The predicted octanol–water partition coefficient (Wildman–Crippen LogP) is 1.76. The van der Waals surface area contributed by atoms with Crippen LogP contribution >= 0.6 is 22.6 Å². The number of halogens is 1. The van der Waals surface area contributed by atoms with Gasteiger partial charge in [-0.05, 0) is 43.4 Å². The highest BCUT2D eigenvalue weighted by atomic mass is 127. The minimum atomic E-state index is -0.829. The van der Waals surface area contributed by atoms with Crippen molar-refractivity contribution in [2.75, 3.05) is 0 Å². The van der Waals surface area contributed by atoms with Crippen LogP contribution in [0.1, 0.15) is 20.8 Å². The molecule has 0 saturated heterocycles. The number of hydrogen-bond donors (Lipinski definition) is 0. The molecule has 6 nitrogen and oxygen atoms in total. The van der Waals surface area contributed by atoms with Gasteiger partial charge in [0.2, 0.25) is 0 Å². The number of carbonyl (C=O) groups excluding carboxylic acids is 1. The van der Waals surface area contributed by atoms with E-state index in [4.69, 9.17) is 9.47 Å². The second-order valence-electron chi connectivity index (χ2n) is 4.25. The fourth-order valence-electron chi connectivity index (χ4n) is 0.902. The highest BCUT2D eigenvalue weighted by Gasteiger charge is 2.17. The van der Waals surface area contributed by atoms with E-state index in [1.165, 1.54) is 12.3 Å². The topological polar surface area (TPSA) is 70.4 Å². The third-order valence-electron chi connectivity index (χ3n) is 1.53. The predicted molar refractivity (Wildman–Crippen MR) is 68.5 cm³/mol. The molecule has 1 aromatic rings. The van der Waals surface area contributed by atoms with Crippen molar-refractivity contribution in [1.29, 1.82) is 0 Å². The van der Waals surface area contributed by atoms with E-state index in [0.29, 0.717) is 0 Å². The van der Waals surface area contributed by atoms with Gasteiger partial charge in [0.05, 0.1) is 6.20 Å². The maximum absolute atomic E-state index is 11.4. The van der Waals surface area contributed by atoms with Crippen molar-refractivity contribution >= 4 is 28.7 Å². The van der Waals surface area contributed by atoms with Gasteiger partial charge in [-0.2, -0.15) is 9.78 Å². The first-order valence-corrected chi connectivity index (χ1v) is 5.94. The molecule has 0 bridgehead atoms. The lowest BCUT2D eigenvalue weighted by Crippen LogP contribution is -2.28. The number of nitrogens with zero attached hydrogens (tertiary/aromatic N) is 2. The molecule has 94 valence electrons. The van der Waals surface area contributed by atoms with E-state index < -0.39 is 11.8 Å². The molecule has 0 atom stereocenters. The van der Waals surface area contributed by atoms with E-state index in [9.17, 15) is 9.59 Å². The van der Waals surface area contributed by atoms with Crippen LogP contribution in [0.2, 0.25) is 0 Å². The lowest BCUT2D eigenvalue weighted by atomic mass is 10.2. The van der Waals surface area contributed by atoms with Crippen LogP contribution in [0, 0.1) is 3.57 Å². The fraction of sp³-hybridized carbons (Fsp3) is 0.500. The molecule has 0 aliphatic carbocycles. The summed E-state index contributed by atoms with van der Waals surface area (Å²) < 4.78 is 11.4. The monoisotopic (exact) mass is 352 g/mol. The van der Waals surface area contributed by atoms with Crippen molar-refractivity contribution in [2.45, 2.75) is 33.1 Å². The Labute approximate surface area is 112 Å². The second-order valence-corrected chi connectivity index (χ2v) is 5.50. The van der Waals surface area contributed by atoms with E-state index in [0.717, 1.165) is 8.25 Å². The first-order chi connectivity index (χ1) is 7.78. The van der Waals surface area contributed by atoms with Crippen molar-refractivity contribution in [2.24, 2.45) is 0 Å². The fourth-order valence-corrected chi connectivity index (χ4v) is 1.29. The minimum Gasteiger partial charge on any atom is -0.429 e. The van der Waals surface area contributed by atoms with Crippen LogP contribution in [0.3, 0.4) is 0 Å². The molecule has 0 aromatic carbocycles. The van der Waals surface area contributed by atoms with Gasteiger partial charge in [0.25, 0.3) is 5.56 Å². The van der Waals surface area contributed by atoms with Crippen LogP contribution in [0.15, 0.2) is 17.1 Å². The summed E-state index contributed by atoms with van der Waals surface area (Å²) in [6, 6.07) is 1.39. The van der Waals surface area contributed by atoms with Crippen LogP contribution in [0.4, 0.5) is 4.79 Å². The van der Waals surface area contributed by atoms with Crippen LogP contribution in [0.25, 0.3) is 0 Å². The number of ether oxygens (including phenoxy) is 2. The Balaban J connectivity index is 2.56. The van der Waals surface area contributed by atoms with E-state index >= 15 is 0 Å². The van der Waals surface area contributed by atoms with Crippen LogP contribution < -0.4 is 5.56 Å². The van der Waals surface area contributed by atoms with E-state index in [2.05, 4.69) is 5.10 Å². The van der Waals surface area contributed by atoms with Crippen LogP contribution in [0.5, 0.6) is 0 Å². The van der Waals surface area contributed by atoms with Crippen molar-refractivity contribution in [3.05, 3.63) is 26.2 Å². The van der Waals surface area contributed by atoms with E-state index in [1.54, 1.807) is 20.8 Å². The van der Waals surface area contributed by atoms with Gasteiger partial charge in [0.15, 0.2) is 6.73 Å². The molecule has 0 fully saturated rings. The SMILES string of the molecule is CC(C)(C)OC(=O)OCn1ncc(I)cc1=O. The molecule has 17 heavy (non-hydrogen) atoms. The first-order valence-electron chi connectivity index (χ1n) is 4.86. The molecule has 1 rings (SSSR count). The Bertz CT molecular complexity index is 464. The van der Waals surface area contributed by atoms with Crippen LogP contribution in [-0.4, -0.2) is 21.5 Å². The lowest BCUT2D eigenvalue weighted by Gasteiger charge is -2.18. The summed E-state index contributed by atoms with van der Waals surface area (Å²) in [6.07, 6.45) is 0.671. The summed E-state index contributed by atoms with van der Waals surface area (Å²) in [6.45, 7) is 4.92. The minimum absolute atomic E-state index is 0.259. The number of aromatic nitrogens is 2. The smallest absolute Gasteiger partial charge is 0.429 e. The average Bonchev–Trinajstić information content (AvgIpc) is 2.13. The Kier molecular flexibility index (Phi) is 4.49. The zero-order valence-electron chi connectivity index (χ0n) is 9.77. The number of rotatable bonds is 2. The summed E-state index contributed by atoms with van der Waals surface area (Å²) in [5.74, 6) is 0. The maximum atomic E-state index is 11.4. The standard InChI is InChI=1S/C10H13IN2O4/c1-10(2,3)17-9(15)16-6-13-8(14)4-7(11)5-12-13/h4-5H,6H2,1-3H3. The molecule has 1 aromatic heterocycles. The highest BCUT2D eigenvalue weighted by molar-refractivity contribution is 14.1. The summed E-state index contributed by atoms with van der Waals surface area (Å²) in [5.41, 5.74) is -0.956. The number of carbonyl (C=O) groups is 1. The van der Waals surface area contributed by atoms with Gasteiger partial charge >= 0.3 is 6.16 Å². The van der Waals surface area contributed by atoms with Gasteiger partial charge in [0.1, 0.15) is 5.60 Å². The Morgan fingerprint density at radius 1 is 1.53 bits per heavy atom. The van der Waals surface area contributed by atoms with Crippen molar-refractivity contribution < 1.29 is 14.3 Å². The molecule has 0 amide bonds. The molecule has 0 unspecified atom stereocenters. The molecule has 1 heterocycles. The third-order valence-corrected chi connectivity index (χ3v) is 2.12. The summed E-state index contributed by atoms with van der Waals surface area (Å²) in [7, 11) is 0. The molecular weight excluding hydrogens is 339 g/mol. The van der Waals surface area contributed by atoms with Gasteiger partial charge in [-0.25, -0.2) is 4.79 Å². The molecular formula is C10H13IN2O4. The number of hydrogen-bond acceptors (Lipinski definition) is 5. The summed E-state index contributed by atoms with van der Waals surface area (Å²) in [4.78, 5) is 22.6. The Hall–Kier alpha value is -1.12. The summed E-state index contributed by atoms with van der Waals surface area (Å²) in [5, 5.41) is 3.81. The Morgan fingerprint density at radius 2 is 2.18 bits per heavy atom. The normalized spacial score (nSPS) is 11.1. The summed E-state index contributed by atoms with van der Waals surface area (Å²) >= 11 is 1.97. The largest absolute Gasteiger partial charge is 0.510 e. The van der Waals surface area contributed by atoms with Gasteiger partial charge in [-0.15, -0.1) is 0 Å². The highest BCUT2D eigenvalue weighted by Crippen LogP contribution is 2.08. The molecule has 0 N–H and O–H groups in total. The average molecular weight is 352 g/mol. The second kappa shape index (κ2) is 5.48. The van der Waals surface area contributed by atoms with Crippen molar-refractivity contribution in [3.63, 3.8) is 0 Å². The van der Waals surface area contributed by atoms with Crippen LogP contribution in [-0.2, 0) is 16.2 Å². The van der Waals surface area contributed by atoms with Crippen molar-refractivity contribution in [1.82, 2.24) is 9.78 Å². The zero-order chi connectivity index (χ0) is 13.1. The molecule has 0 radical (unpaired) electrons. The third kappa shape index (κ3) is 5.16. The molecule has 7 heteroatoms. The molecule has 0 saturated carbocycles. The van der Waals surface area contributed by atoms with Gasteiger partial charge in [-0.1, -0.05) is 0 Å². The van der Waals surface area contributed by atoms with E-state index in [-0.39, 0.29) is 12.3 Å². The first kappa shape index (κ1) is 13.9. The quantitative estimate of drug-likeness (QED) is 0.599. The van der Waals surface area contributed by atoms with Crippen molar-refractivity contribution in [3.8, 4) is 0 Å². The van der Waals surface area contributed by atoms with Gasteiger partial charge in [0, 0.05) is 9.64 Å². The lowest BCUT2D eigenvalue weighted by molar-refractivity contribution is -0.0230. The molecule has 0 aliphatic heterocycles. The Morgan fingerprint density at radius 3 is 2.71 bits per heavy atom.